The molecule has 1 heterocycles. The summed E-state index contributed by atoms with van der Waals surface area (Å²) < 4.78 is 0. The second kappa shape index (κ2) is 8.09. The minimum atomic E-state index is -0.469. The van der Waals surface area contributed by atoms with Gasteiger partial charge in [0.05, 0.1) is 4.91 Å². The molecular weight excluding hydrogens is 364 g/mol. The van der Waals surface area contributed by atoms with E-state index in [9.17, 15) is 19.5 Å². The third-order valence-electron chi connectivity index (χ3n) is 3.94. The highest BCUT2D eigenvalue weighted by molar-refractivity contribution is 8.18. The molecule has 27 heavy (non-hydrogen) atoms. The molecule has 1 aliphatic heterocycles. The number of aryl methyl sites for hydroxylation is 1. The molecule has 0 aromatic heterocycles. The zero-order valence-electron chi connectivity index (χ0n) is 14.6. The van der Waals surface area contributed by atoms with Gasteiger partial charge in [-0.2, -0.15) is 0 Å². The Morgan fingerprint density at radius 1 is 1.19 bits per heavy atom. The van der Waals surface area contributed by atoms with Crippen LogP contribution in [0.15, 0.2) is 59.5 Å². The van der Waals surface area contributed by atoms with Crippen LogP contribution in [0.3, 0.4) is 0 Å². The van der Waals surface area contributed by atoms with E-state index in [1.165, 1.54) is 0 Å². The van der Waals surface area contributed by atoms with Crippen LogP contribution >= 0.6 is 11.8 Å². The number of nitrogens with one attached hydrogen (secondary N) is 1. The molecule has 0 saturated carbocycles. The first kappa shape index (κ1) is 18.7. The lowest BCUT2D eigenvalue weighted by Crippen LogP contribution is -2.36. The Kier molecular flexibility index (Phi) is 5.61. The van der Waals surface area contributed by atoms with Crippen LogP contribution in [-0.4, -0.2) is 33.6 Å². The van der Waals surface area contributed by atoms with Gasteiger partial charge in [0.25, 0.3) is 11.1 Å². The first-order valence-corrected chi connectivity index (χ1v) is 9.12. The summed E-state index contributed by atoms with van der Waals surface area (Å²) in [4.78, 5) is 38.0. The van der Waals surface area contributed by atoms with Gasteiger partial charge in [-0.1, -0.05) is 30.3 Å². The molecule has 138 valence electrons. The Morgan fingerprint density at radius 3 is 2.63 bits per heavy atom. The van der Waals surface area contributed by atoms with Crippen molar-refractivity contribution in [2.75, 3.05) is 11.9 Å². The van der Waals surface area contributed by atoms with Crippen molar-refractivity contribution in [3.63, 3.8) is 0 Å². The minimum absolute atomic E-state index is 0.165. The van der Waals surface area contributed by atoms with E-state index in [1.54, 1.807) is 36.4 Å². The van der Waals surface area contributed by atoms with Gasteiger partial charge in [-0.15, -0.1) is 0 Å². The summed E-state index contributed by atoms with van der Waals surface area (Å²) in [5.41, 5.74) is 2.52. The Balaban J connectivity index is 1.62. The number of amides is 3. The average Bonchev–Trinajstić information content (AvgIpc) is 2.89. The van der Waals surface area contributed by atoms with Gasteiger partial charge in [0, 0.05) is 5.69 Å². The van der Waals surface area contributed by atoms with Crippen molar-refractivity contribution in [2.24, 2.45) is 0 Å². The highest BCUT2D eigenvalue weighted by Crippen LogP contribution is 2.30. The Labute approximate surface area is 160 Å². The molecule has 0 bridgehead atoms. The molecule has 0 aliphatic carbocycles. The summed E-state index contributed by atoms with van der Waals surface area (Å²) in [6, 6.07) is 13.9. The van der Waals surface area contributed by atoms with Gasteiger partial charge in [-0.25, -0.2) is 0 Å². The highest BCUT2D eigenvalue weighted by atomic mass is 32.2. The average molecular weight is 382 g/mol. The summed E-state index contributed by atoms with van der Waals surface area (Å²) in [6.07, 6.45) is 2.11. The monoisotopic (exact) mass is 382 g/mol. The second-order valence-electron chi connectivity index (χ2n) is 6.12. The largest absolute Gasteiger partial charge is 0.508 e. The molecule has 3 rings (SSSR count). The molecule has 0 unspecified atom stereocenters. The molecular formula is C20H18N2O4S. The number of hydrogen-bond acceptors (Lipinski definition) is 5. The molecule has 0 atom stereocenters. The molecule has 0 radical (unpaired) electrons. The summed E-state index contributed by atoms with van der Waals surface area (Å²) in [5, 5.41) is 11.5. The van der Waals surface area contributed by atoms with Crippen molar-refractivity contribution in [1.82, 2.24) is 4.90 Å². The Hall–Kier alpha value is -3.06. The van der Waals surface area contributed by atoms with Crippen LogP contribution < -0.4 is 5.32 Å². The standard InChI is InChI=1S/C20H18N2O4S/c1-13-3-2-4-15(11-13)21-18(24)12-22-19(25)17(27-20(22)26)10-7-14-5-8-16(23)9-6-14/h2-6,8-11,23H,7,12H2,1H3,(H,21,24)/b17-10-. The number of phenolic OH excluding ortho intramolecular Hbond substituents is 1. The quantitative estimate of drug-likeness (QED) is 0.774. The van der Waals surface area contributed by atoms with E-state index in [2.05, 4.69) is 5.32 Å². The van der Waals surface area contributed by atoms with E-state index in [-0.39, 0.29) is 12.3 Å². The summed E-state index contributed by atoms with van der Waals surface area (Å²) >= 11 is 0.824. The number of nitrogens with zero attached hydrogens (tertiary/aromatic N) is 1. The maximum absolute atomic E-state index is 12.4. The highest BCUT2D eigenvalue weighted by Gasteiger charge is 2.36. The van der Waals surface area contributed by atoms with Crippen LogP contribution in [0.2, 0.25) is 0 Å². The molecule has 6 nitrogen and oxygen atoms in total. The molecule has 1 fully saturated rings. The van der Waals surface area contributed by atoms with Crippen molar-refractivity contribution in [2.45, 2.75) is 13.3 Å². The zero-order chi connectivity index (χ0) is 19.4. The fraction of sp³-hybridized carbons (Fsp3) is 0.150. The molecule has 2 N–H and O–H groups in total. The van der Waals surface area contributed by atoms with E-state index in [0.29, 0.717) is 17.0 Å². The first-order valence-electron chi connectivity index (χ1n) is 8.30. The number of anilines is 1. The van der Waals surface area contributed by atoms with Crippen LogP contribution in [-0.2, 0) is 16.0 Å². The van der Waals surface area contributed by atoms with Crippen molar-refractivity contribution in [1.29, 1.82) is 0 Å². The van der Waals surface area contributed by atoms with E-state index < -0.39 is 17.1 Å². The summed E-state index contributed by atoms with van der Waals surface area (Å²) in [6.45, 7) is 1.58. The van der Waals surface area contributed by atoms with Crippen LogP contribution in [0.25, 0.3) is 0 Å². The van der Waals surface area contributed by atoms with E-state index in [0.717, 1.165) is 27.8 Å². The topological polar surface area (TPSA) is 86.7 Å². The SMILES string of the molecule is Cc1cccc(NC(=O)CN2C(=O)S/C(=C\Cc3ccc(O)cc3)C2=O)c1. The normalized spacial score (nSPS) is 15.4. The van der Waals surface area contributed by atoms with Crippen molar-refractivity contribution in [3.05, 3.63) is 70.6 Å². The van der Waals surface area contributed by atoms with Gasteiger partial charge in [0.2, 0.25) is 5.91 Å². The summed E-state index contributed by atoms with van der Waals surface area (Å²) in [7, 11) is 0. The number of benzene rings is 2. The number of allylic oxidation sites excluding steroid dienone is 1. The van der Waals surface area contributed by atoms with Gasteiger partial charge in [-0.3, -0.25) is 19.3 Å². The summed E-state index contributed by atoms with van der Waals surface area (Å²) in [5.74, 6) is -0.732. The van der Waals surface area contributed by atoms with Crippen molar-refractivity contribution < 1.29 is 19.5 Å². The van der Waals surface area contributed by atoms with Gasteiger partial charge in [0.15, 0.2) is 0 Å². The third kappa shape index (κ3) is 4.77. The number of imide groups is 1. The first-order chi connectivity index (χ1) is 12.9. The third-order valence-corrected chi connectivity index (χ3v) is 4.89. The van der Waals surface area contributed by atoms with Crippen LogP contribution in [0.4, 0.5) is 10.5 Å². The van der Waals surface area contributed by atoms with Gasteiger partial charge >= 0.3 is 0 Å². The molecule has 0 spiro atoms. The number of carbonyl (C=O) groups is 3. The van der Waals surface area contributed by atoms with Gasteiger partial charge < -0.3 is 10.4 Å². The van der Waals surface area contributed by atoms with Gasteiger partial charge in [0.1, 0.15) is 12.3 Å². The maximum atomic E-state index is 12.4. The predicted octanol–water partition coefficient (Wildman–Crippen LogP) is 3.46. The van der Waals surface area contributed by atoms with Crippen molar-refractivity contribution in [3.8, 4) is 5.75 Å². The smallest absolute Gasteiger partial charge is 0.294 e. The molecule has 3 amide bonds. The number of thioether (sulfide) groups is 1. The van der Waals surface area contributed by atoms with E-state index >= 15 is 0 Å². The number of hydrogen-bond donors (Lipinski definition) is 2. The van der Waals surface area contributed by atoms with Crippen LogP contribution in [0.5, 0.6) is 5.75 Å². The maximum Gasteiger partial charge on any atom is 0.294 e. The van der Waals surface area contributed by atoms with Crippen LogP contribution in [0, 0.1) is 6.92 Å². The molecule has 1 aliphatic rings. The molecule has 2 aromatic rings. The fourth-order valence-electron chi connectivity index (χ4n) is 2.58. The molecule has 2 aromatic carbocycles. The van der Waals surface area contributed by atoms with Crippen LogP contribution in [0.1, 0.15) is 11.1 Å². The molecule has 7 heteroatoms. The van der Waals surface area contributed by atoms with Gasteiger partial charge in [-0.05, 0) is 60.5 Å². The lowest BCUT2D eigenvalue weighted by atomic mass is 10.1. The lowest BCUT2D eigenvalue weighted by molar-refractivity contribution is -0.127. The number of rotatable bonds is 5. The number of carbonyl (C=O) groups excluding carboxylic acids is 3. The Bertz CT molecular complexity index is 922. The Morgan fingerprint density at radius 2 is 1.93 bits per heavy atom. The zero-order valence-corrected chi connectivity index (χ0v) is 15.5. The molecule has 1 saturated heterocycles. The second-order valence-corrected chi connectivity index (χ2v) is 7.11. The number of phenols is 1. The predicted molar refractivity (Wildman–Crippen MR) is 104 cm³/mol. The number of aromatic hydroxyl groups is 1. The minimum Gasteiger partial charge on any atom is -0.508 e. The fourth-order valence-corrected chi connectivity index (χ4v) is 3.39. The van der Waals surface area contributed by atoms with Crippen molar-refractivity contribution >= 4 is 34.5 Å². The van der Waals surface area contributed by atoms with E-state index in [4.69, 9.17) is 0 Å². The lowest BCUT2D eigenvalue weighted by Gasteiger charge is -2.12. The van der Waals surface area contributed by atoms with E-state index in [1.807, 2.05) is 25.1 Å².